The van der Waals surface area contributed by atoms with Crippen LogP contribution in [0.4, 0.5) is 5.69 Å². The Hall–Kier alpha value is -0.440. The summed E-state index contributed by atoms with van der Waals surface area (Å²) in [5, 5.41) is 0. The van der Waals surface area contributed by atoms with Gasteiger partial charge in [0.1, 0.15) is 0 Å². The number of anilines is 1. The van der Waals surface area contributed by atoms with E-state index in [4.69, 9.17) is 0 Å². The predicted molar refractivity (Wildman–Crippen MR) is 78.1 cm³/mol. The van der Waals surface area contributed by atoms with Gasteiger partial charge in [0.15, 0.2) is 0 Å². The molecule has 17 heavy (non-hydrogen) atoms. The monoisotopic (exact) mass is 274 g/mol. The van der Waals surface area contributed by atoms with Gasteiger partial charge in [0.25, 0.3) is 0 Å². The van der Waals surface area contributed by atoms with Crippen LogP contribution in [0.25, 0.3) is 0 Å². The van der Waals surface area contributed by atoms with Gasteiger partial charge in [-0.25, -0.2) is 0 Å². The second kappa shape index (κ2) is 5.05. The Bertz CT molecular complexity index is 408. The molecule has 2 aliphatic heterocycles. The molecule has 2 atom stereocenters. The molecule has 1 aromatic rings. The van der Waals surface area contributed by atoms with Gasteiger partial charge in [0.2, 0.25) is 0 Å². The van der Waals surface area contributed by atoms with Crippen LogP contribution in [0.1, 0.15) is 17.0 Å². The van der Waals surface area contributed by atoms with E-state index in [0.29, 0.717) is 6.04 Å². The van der Waals surface area contributed by atoms with Crippen molar-refractivity contribution in [1.82, 2.24) is 4.90 Å². The average Bonchev–Trinajstić information content (AvgIpc) is 2.67. The number of likely N-dealkylation sites (N-methyl/N-ethyl adjacent to an activating group) is 2. The first-order chi connectivity index (χ1) is 7.16. The second-order valence-corrected chi connectivity index (χ2v) is 5.07. The summed E-state index contributed by atoms with van der Waals surface area (Å²) in [4.78, 5) is 4.90. The van der Waals surface area contributed by atoms with Crippen LogP contribution in [0.15, 0.2) is 18.2 Å². The Morgan fingerprint density at radius 1 is 1.12 bits per heavy atom. The van der Waals surface area contributed by atoms with E-state index in [9.17, 15) is 0 Å². The minimum atomic E-state index is 0. The van der Waals surface area contributed by atoms with Gasteiger partial charge in [-0.15, -0.1) is 24.8 Å². The van der Waals surface area contributed by atoms with Gasteiger partial charge < -0.3 is 9.80 Å². The van der Waals surface area contributed by atoms with Gasteiger partial charge >= 0.3 is 0 Å². The van der Waals surface area contributed by atoms with Crippen molar-refractivity contribution in [2.45, 2.75) is 18.9 Å². The number of benzene rings is 1. The van der Waals surface area contributed by atoms with Gasteiger partial charge in [-0.1, -0.05) is 17.7 Å². The first-order valence-corrected chi connectivity index (χ1v) is 5.69. The standard InChI is InChI=1S/C13H18N2.2ClH/c1-9-4-5-12-10(6-9)11-7-14(2)8-13(11)15(12)3;;/h4-6,11,13H,7-8H2,1-3H3;2*1H/t11-,13-;;/m1../s1. The van der Waals surface area contributed by atoms with Crippen LogP contribution in [0.3, 0.4) is 0 Å². The summed E-state index contributed by atoms with van der Waals surface area (Å²) in [6.07, 6.45) is 0. The molecule has 0 amide bonds. The van der Waals surface area contributed by atoms with Crippen LogP contribution < -0.4 is 4.90 Å². The van der Waals surface area contributed by atoms with Gasteiger partial charge in [-0.3, -0.25) is 0 Å². The Labute approximate surface area is 116 Å². The second-order valence-electron chi connectivity index (χ2n) is 5.07. The van der Waals surface area contributed by atoms with E-state index in [0.717, 1.165) is 5.92 Å². The quantitative estimate of drug-likeness (QED) is 0.718. The number of fused-ring (bicyclic) bond motifs is 3. The summed E-state index contributed by atoms with van der Waals surface area (Å²) < 4.78 is 0. The highest BCUT2D eigenvalue weighted by Gasteiger charge is 2.41. The van der Waals surface area contributed by atoms with E-state index in [1.54, 1.807) is 5.56 Å². The maximum absolute atomic E-state index is 2.46. The molecule has 0 unspecified atom stereocenters. The third kappa shape index (κ3) is 2.14. The highest BCUT2D eigenvalue weighted by Crippen LogP contribution is 2.43. The molecule has 0 aromatic heterocycles. The fraction of sp³-hybridized carbons (Fsp3) is 0.538. The SMILES string of the molecule is Cc1ccc2c(c1)[C@H]1CN(C)C[C@H]1N2C.Cl.Cl. The zero-order valence-corrected chi connectivity index (χ0v) is 12.1. The molecule has 3 rings (SSSR count). The van der Waals surface area contributed by atoms with E-state index >= 15 is 0 Å². The molecule has 0 spiro atoms. The molecule has 0 radical (unpaired) electrons. The minimum Gasteiger partial charge on any atom is -0.369 e. The zero-order chi connectivity index (χ0) is 10.6. The third-order valence-corrected chi connectivity index (χ3v) is 3.93. The Balaban J connectivity index is 0.000000722. The number of halogens is 2. The molecule has 2 aliphatic rings. The Morgan fingerprint density at radius 2 is 1.82 bits per heavy atom. The van der Waals surface area contributed by atoms with Crippen molar-refractivity contribution in [3.8, 4) is 0 Å². The number of nitrogens with zero attached hydrogens (tertiary/aromatic N) is 2. The minimum absolute atomic E-state index is 0. The predicted octanol–water partition coefficient (Wildman–Crippen LogP) is 2.69. The molecule has 2 nitrogen and oxygen atoms in total. The van der Waals surface area contributed by atoms with E-state index in [2.05, 4.69) is 49.0 Å². The van der Waals surface area contributed by atoms with Crippen molar-refractivity contribution >= 4 is 30.5 Å². The number of hydrogen-bond donors (Lipinski definition) is 0. The molecule has 0 saturated carbocycles. The maximum Gasteiger partial charge on any atom is 0.0495 e. The maximum atomic E-state index is 2.46. The average molecular weight is 275 g/mol. The molecule has 0 aliphatic carbocycles. The summed E-state index contributed by atoms with van der Waals surface area (Å²) in [5.41, 5.74) is 4.40. The lowest BCUT2D eigenvalue weighted by atomic mass is 9.97. The first-order valence-electron chi connectivity index (χ1n) is 5.69. The van der Waals surface area contributed by atoms with E-state index in [-0.39, 0.29) is 24.8 Å². The van der Waals surface area contributed by atoms with Crippen molar-refractivity contribution in [3.05, 3.63) is 29.3 Å². The van der Waals surface area contributed by atoms with Crippen LogP contribution in [0.2, 0.25) is 0 Å². The first kappa shape index (κ1) is 14.6. The molecule has 1 aromatic carbocycles. The summed E-state index contributed by atoms with van der Waals surface area (Å²) in [6.45, 7) is 4.60. The molecule has 1 fully saturated rings. The fourth-order valence-corrected chi connectivity index (χ4v) is 3.15. The molecule has 0 N–H and O–H groups in total. The molecule has 1 saturated heterocycles. The number of aryl methyl sites for hydroxylation is 1. The van der Waals surface area contributed by atoms with Gasteiger partial charge in [0, 0.05) is 37.8 Å². The highest BCUT2D eigenvalue weighted by molar-refractivity contribution is 5.85. The van der Waals surface area contributed by atoms with Gasteiger partial charge in [0.05, 0.1) is 0 Å². The summed E-state index contributed by atoms with van der Waals surface area (Å²) in [6, 6.07) is 7.57. The van der Waals surface area contributed by atoms with Crippen molar-refractivity contribution in [1.29, 1.82) is 0 Å². The van der Waals surface area contributed by atoms with Crippen molar-refractivity contribution < 1.29 is 0 Å². The smallest absolute Gasteiger partial charge is 0.0495 e. The normalized spacial score (nSPS) is 25.9. The van der Waals surface area contributed by atoms with E-state index in [1.807, 2.05) is 0 Å². The molecular weight excluding hydrogens is 255 g/mol. The molecule has 96 valence electrons. The lowest BCUT2D eigenvalue weighted by molar-refractivity contribution is 0.404. The Kier molecular flexibility index (Phi) is 4.34. The van der Waals surface area contributed by atoms with Crippen LogP contribution in [-0.2, 0) is 0 Å². The Morgan fingerprint density at radius 3 is 2.53 bits per heavy atom. The van der Waals surface area contributed by atoms with Gasteiger partial charge in [-0.2, -0.15) is 0 Å². The highest BCUT2D eigenvalue weighted by atomic mass is 35.5. The zero-order valence-electron chi connectivity index (χ0n) is 10.5. The van der Waals surface area contributed by atoms with E-state index < -0.39 is 0 Å². The van der Waals surface area contributed by atoms with Crippen molar-refractivity contribution in [3.63, 3.8) is 0 Å². The molecule has 0 bridgehead atoms. The van der Waals surface area contributed by atoms with Crippen LogP contribution in [-0.4, -0.2) is 38.1 Å². The molecular formula is C13H20Cl2N2. The number of likely N-dealkylation sites (tertiary alicyclic amines) is 1. The van der Waals surface area contributed by atoms with Crippen molar-refractivity contribution in [2.75, 3.05) is 32.1 Å². The van der Waals surface area contributed by atoms with Crippen LogP contribution in [0, 0.1) is 6.92 Å². The lowest BCUT2D eigenvalue weighted by Crippen LogP contribution is -2.31. The molecule has 4 heteroatoms. The van der Waals surface area contributed by atoms with E-state index in [1.165, 1.54) is 24.3 Å². The van der Waals surface area contributed by atoms with Crippen molar-refractivity contribution in [2.24, 2.45) is 0 Å². The largest absolute Gasteiger partial charge is 0.369 e. The number of rotatable bonds is 0. The van der Waals surface area contributed by atoms with Gasteiger partial charge in [-0.05, 0) is 25.6 Å². The summed E-state index contributed by atoms with van der Waals surface area (Å²) >= 11 is 0. The summed E-state index contributed by atoms with van der Waals surface area (Å²) in [7, 11) is 4.46. The third-order valence-electron chi connectivity index (χ3n) is 3.93. The topological polar surface area (TPSA) is 6.48 Å². The molecule has 2 heterocycles. The van der Waals surface area contributed by atoms with Crippen LogP contribution in [0.5, 0.6) is 0 Å². The fourth-order valence-electron chi connectivity index (χ4n) is 3.15. The van der Waals surface area contributed by atoms with Crippen LogP contribution >= 0.6 is 24.8 Å². The number of hydrogen-bond acceptors (Lipinski definition) is 2. The summed E-state index contributed by atoms with van der Waals surface area (Å²) in [5.74, 6) is 0.731. The lowest BCUT2D eigenvalue weighted by Gasteiger charge is -2.21.